The van der Waals surface area contributed by atoms with Crippen LogP contribution in [0.3, 0.4) is 0 Å². The third-order valence-corrected chi connectivity index (χ3v) is 3.67. The molecule has 2 atom stereocenters. The Bertz CT molecular complexity index is 148. The zero-order chi connectivity index (χ0) is 11.1. The molecule has 2 unspecified atom stereocenters. The van der Waals surface area contributed by atoms with Crippen molar-refractivity contribution in [1.29, 1.82) is 0 Å². The fraction of sp³-hybridized carbons (Fsp3) is 1.00. The highest BCUT2D eigenvalue weighted by Crippen LogP contribution is 2.18. The molecule has 15 heavy (non-hydrogen) atoms. The number of nitrogens with zero attached hydrogens (tertiary/aromatic N) is 1. The molecule has 1 N–H and O–H groups in total. The standard InChI is InChI=1S/C13H28N2/c1-4-8-12(5-2)15(6-3)13-9-7-10-14-11-13/h12-14H,4-11H2,1-3H3. The average molecular weight is 212 g/mol. The van der Waals surface area contributed by atoms with E-state index in [0.717, 1.165) is 12.1 Å². The van der Waals surface area contributed by atoms with Crippen LogP contribution in [-0.2, 0) is 0 Å². The second-order valence-electron chi connectivity index (χ2n) is 4.68. The maximum absolute atomic E-state index is 3.53. The number of rotatable bonds is 6. The summed E-state index contributed by atoms with van der Waals surface area (Å²) in [5, 5.41) is 3.53. The minimum Gasteiger partial charge on any atom is -0.315 e. The van der Waals surface area contributed by atoms with Crippen molar-refractivity contribution in [3.63, 3.8) is 0 Å². The lowest BCUT2D eigenvalue weighted by Gasteiger charge is -2.39. The molecule has 0 aromatic rings. The van der Waals surface area contributed by atoms with Crippen LogP contribution >= 0.6 is 0 Å². The Labute approximate surface area is 95.4 Å². The summed E-state index contributed by atoms with van der Waals surface area (Å²) in [6.07, 6.45) is 6.72. The number of piperidine rings is 1. The van der Waals surface area contributed by atoms with Gasteiger partial charge in [0.15, 0.2) is 0 Å². The van der Waals surface area contributed by atoms with E-state index in [4.69, 9.17) is 0 Å². The molecule has 1 aliphatic heterocycles. The summed E-state index contributed by atoms with van der Waals surface area (Å²) in [5.74, 6) is 0. The van der Waals surface area contributed by atoms with Crippen LogP contribution in [0.4, 0.5) is 0 Å². The van der Waals surface area contributed by atoms with E-state index in [1.807, 2.05) is 0 Å². The predicted octanol–water partition coefficient (Wildman–Crippen LogP) is 2.64. The largest absolute Gasteiger partial charge is 0.315 e. The van der Waals surface area contributed by atoms with Crippen molar-refractivity contribution in [3.05, 3.63) is 0 Å². The van der Waals surface area contributed by atoms with Crippen molar-refractivity contribution < 1.29 is 0 Å². The van der Waals surface area contributed by atoms with Gasteiger partial charge in [-0.15, -0.1) is 0 Å². The highest BCUT2D eigenvalue weighted by molar-refractivity contribution is 4.82. The summed E-state index contributed by atoms with van der Waals surface area (Å²) in [5.41, 5.74) is 0. The molecule has 1 rings (SSSR count). The molecular formula is C13H28N2. The van der Waals surface area contributed by atoms with Crippen LogP contribution in [-0.4, -0.2) is 36.6 Å². The van der Waals surface area contributed by atoms with Crippen LogP contribution in [0, 0.1) is 0 Å². The fourth-order valence-corrected chi connectivity index (χ4v) is 2.87. The molecule has 1 aliphatic rings. The van der Waals surface area contributed by atoms with Crippen molar-refractivity contribution >= 4 is 0 Å². The van der Waals surface area contributed by atoms with E-state index in [0.29, 0.717) is 0 Å². The third kappa shape index (κ3) is 3.76. The molecule has 90 valence electrons. The van der Waals surface area contributed by atoms with Crippen molar-refractivity contribution in [1.82, 2.24) is 10.2 Å². The number of likely N-dealkylation sites (N-methyl/N-ethyl adjacent to an activating group) is 1. The fourth-order valence-electron chi connectivity index (χ4n) is 2.87. The number of nitrogens with one attached hydrogen (secondary N) is 1. The van der Waals surface area contributed by atoms with E-state index in [9.17, 15) is 0 Å². The molecule has 1 saturated heterocycles. The van der Waals surface area contributed by atoms with Crippen LogP contribution in [0.25, 0.3) is 0 Å². The number of hydrogen-bond acceptors (Lipinski definition) is 2. The third-order valence-electron chi connectivity index (χ3n) is 3.67. The molecule has 0 radical (unpaired) electrons. The Kier molecular flexibility index (Phi) is 6.26. The Morgan fingerprint density at radius 2 is 2.13 bits per heavy atom. The molecule has 0 spiro atoms. The highest BCUT2D eigenvalue weighted by atomic mass is 15.2. The lowest BCUT2D eigenvalue weighted by molar-refractivity contribution is 0.109. The van der Waals surface area contributed by atoms with Gasteiger partial charge in [-0.2, -0.15) is 0 Å². The zero-order valence-corrected chi connectivity index (χ0v) is 10.8. The van der Waals surface area contributed by atoms with Gasteiger partial charge >= 0.3 is 0 Å². The van der Waals surface area contributed by atoms with Gasteiger partial charge in [-0.25, -0.2) is 0 Å². The van der Waals surface area contributed by atoms with Crippen molar-refractivity contribution in [2.24, 2.45) is 0 Å². The molecule has 0 aliphatic carbocycles. The van der Waals surface area contributed by atoms with Crippen LogP contribution in [0.15, 0.2) is 0 Å². The molecule has 0 aromatic heterocycles. The summed E-state index contributed by atoms with van der Waals surface area (Å²) < 4.78 is 0. The van der Waals surface area contributed by atoms with Gasteiger partial charge in [0.1, 0.15) is 0 Å². The highest BCUT2D eigenvalue weighted by Gasteiger charge is 2.24. The van der Waals surface area contributed by atoms with Crippen LogP contribution in [0.1, 0.15) is 52.9 Å². The van der Waals surface area contributed by atoms with Crippen molar-refractivity contribution in [2.75, 3.05) is 19.6 Å². The first-order chi connectivity index (χ1) is 7.33. The lowest BCUT2D eigenvalue weighted by Crippen LogP contribution is -2.50. The Morgan fingerprint density at radius 3 is 2.60 bits per heavy atom. The quantitative estimate of drug-likeness (QED) is 0.728. The maximum atomic E-state index is 3.53. The number of hydrogen-bond donors (Lipinski definition) is 1. The smallest absolute Gasteiger partial charge is 0.0223 e. The second-order valence-corrected chi connectivity index (χ2v) is 4.68. The van der Waals surface area contributed by atoms with Crippen LogP contribution in [0.2, 0.25) is 0 Å². The second kappa shape index (κ2) is 7.24. The molecule has 0 bridgehead atoms. The minimum atomic E-state index is 0.792. The molecule has 0 amide bonds. The van der Waals surface area contributed by atoms with Gasteiger partial charge in [0, 0.05) is 18.6 Å². The minimum absolute atomic E-state index is 0.792. The van der Waals surface area contributed by atoms with E-state index < -0.39 is 0 Å². The van der Waals surface area contributed by atoms with Crippen LogP contribution in [0.5, 0.6) is 0 Å². The Hall–Kier alpha value is -0.0800. The van der Waals surface area contributed by atoms with Gasteiger partial charge in [-0.1, -0.05) is 27.2 Å². The normalized spacial score (nSPS) is 24.4. The Morgan fingerprint density at radius 1 is 1.33 bits per heavy atom. The van der Waals surface area contributed by atoms with E-state index in [1.54, 1.807) is 0 Å². The zero-order valence-electron chi connectivity index (χ0n) is 10.8. The van der Waals surface area contributed by atoms with Gasteiger partial charge in [-0.05, 0) is 38.8 Å². The average Bonchev–Trinajstić information content (AvgIpc) is 2.30. The Balaban J connectivity index is 2.50. The predicted molar refractivity (Wildman–Crippen MR) is 67.3 cm³/mol. The first kappa shape index (κ1) is 13.0. The first-order valence-corrected chi connectivity index (χ1v) is 6.79. The first-order valence-electron chi connectivity index (χ1n) is 6.79. The van der Waals surface area contributed by atoms with E-state index in [2.05, 4.69) is 31.0 Å². The maximum Gasteiger partial charge on any atom is 0.0223 e. The lowest BCUT2D eigenvalue weighted by atomic mass is 10.00. The van der Waals surface area contributed by atoms with Gasteiger partial charge < -0.3 is 5.32 Å². The molecule has 1 fully saturated rings. The van der Waals surface area contributed by atoms with E-state index >= 15 is 0 Å². The molecule has 0 aromatic carbocycles. The van der Waals surface area contributed by atoms with Crippen LogP contribution < -0.4 is 5.32 Å². The van der Waals surface area contributed by atoms with Gasteiger partial charge in [0.05, 0.1) is 0 Å². The monoisotopic (exact) mass is 212 g/mol. The van der Waals surface area contributed by atoms with Gasteiger partial charge in [0.2, 0.25) is 0 Å². The molecule has 2 heteroatoms. The van der Waals surface area contributed by atoms with Crippen molar-refractivity contribution in [2.45, 2.75) is 65.0 Å². The van der Waals surface area contributed by atoms with Gasteiger partial charge in [0.25, 0.3) is 0 Å². The van der Waals surface area contributed by atoms with Crippen molar-refractivity contribution in [3.8, 4) is 0 Å². The summed E-state index contributed by atoms with van der Waals surface area (Å²) in [7, 11) is 0. The van der Waals surface area contributed by atoms with E-state index in [-0.39, 0.29) is 0 Å². The molecule has 0 saturated carbocycles. The molecular weight excluding hydrogens is 184 g/mol. The molecule has 1 heterocycles. The topological polar surface area (TPSA) is 15.3 Å². The summed E-state index contributed by atoms with van der Waals surface area (Å²) in [6.45, 7) is 10.6. The van der Waals surface area contributed by atoms with Gasteiger partial charge in [-0.3, -0.25) is 4.90 Å². The summed E-state index contributed by atoms with van der Waals surface area (Å²) in [4.78, 5) is 2.73. The summed E-state index contributed by atoms with van der Waals surface area (Å²) >= 11 is 0. The van der Waals surface area contributed by atoms with E-state index in [1.165, 1.54) is 51.7 Å². The SMILES string of the molecule is CCCC(CC)N(CC)C1CCCNC1. The molecule has 2 nitrogen and oxygen atoms in total. The summed E-state index contributed by atoms with van der Waals surface area (Å²) in [6, 6.07) is 1.60.